The molecule has 1 aromatic carbocycles. The summed E-state index contributed by atoms with van der Waals surface area (Å²) in [4.78, 5) is 23.3. The molecule has 0 aliphatic rings. The summed E-state index contributed by atoms with van der Waals surface area (Å²) in [6.45, 7) is -0.144. The molecule has 0 fully saturated rings. The average molecular weight is 279 g/mol. The van der Waals surface area contributed by atoms with Gasteiger partial charge in [0, 0.05) is 6.20 Å². The molecule has 3 N–H and O–H groups in total. The van der Waals surface area contributed by atoms with Gasteiger partial charge in [-0.15, -0.1) is 0 Å². The lowest BCUT2D eigenvalue weighted by atomic mass is 10.2. The van der Waals surface area contributed by atoms with Crippen LogP contribution in [0.25, 0.3) is 0 Å². The van der Waals surface area contributed by atoms with Gasteiger partial charge in [-0.1, -0.05) is 23.7 Å². The van der Waals surface area contributed by atoms with Gasteiger partial charge in [-0.25, -0.2) is 0 Å². The minimum Gasteiger partial charge on any atom is -0.343 e. The van der Waals surface area contributed by atoms with Gasteiger partial charge in [0.2, 0.25) is 5.91 Å². The molecule has 1 heterocycles. The second-order valence-electron chi connectivity index (χ2n) is 3.70. The minimum atomic E-state index is -0.395. The first-order valence-electron chi connectivity index (χ1n) is 5.48. The number of amides is 2. The monoisotopic (exact) mass is 278 g/mol. The second kappa shape index (κ2) is 6.01. The number of hydrogen-bond acceptors (Lipinski definition) is 3. The van der Waals surface area contributed by atoms with Gasteiger partial charge in [0.05, 0.1) is 29.0 Å². The highest BCUT2D eigenvalue weighted by atomic mass is 35.5. The number of aromatic amines is 1. The number of carbonyl (C=O) groups is 2. The van der Waals surface area contributed by atoms with Crippen LogP contribution in [0.4, 0.5) is 5.69 Å². The lowest BCUT2D eigenvalue weighted by Gasteiger charge is -2.06. The quantitative estimate of drug-likeness (QED) is 0.791. The zero-order valence-corrected chi connectivity index (χ0v) is 10.6. The topological polar surface area (TPSA) is 86.9 Å². The third-order valence-corrected chi connectivity index (χ3v) is 2.64. The van der Waals surface area contributed by atoms with E-state index in [1.165, 1.54) is 12.4 Å². The standard InChI is InChI=1S/C12H11ClN4O2/c13-10-4-2-1-3-9(10)12(19)14-7-11(18)17-8-5-15-16-6-8/h1-6H,7H2,(H,14,19)(H,15,16)(H,17,18). The van der Waals surface area contributed by atoms with E-state index in [1.54, 1.807) is 24.3 Å². The number of carbonyl (C=O) groups excluding carboxylic acids is 2. The van der Waals surface area contributed by atoms with E-state index in [9.17, 15) is 9.59 Å². The maximum Gasteiger partial charge on any atom is 0.253 e. The van der Waals surface area contributed by atoms with Crippen molar-refractivity contribution in [1.82, 2.24) is 15.5 Å². The van der Waals surface area contributed by atoms with Crippen LogP contribution in [0.3, 0.4) is 0 Å². The van der Waals surface area contributed by atoms with Crippen molar-refractivity contribution < 1.29 is 9.59 Å². The van der Waals surface area contributed by atoms with Crippen molar-refractivity contribution in [2.75, 3.05) is 11.9 Å². The van der Waals surface area contributed by atoms with Crippen LogP contribution in [0.2, 0.25) is 5.02 Å². The zero-order valence-electron chi connectivity index (χ0n) is 9.81. The van der Waals surface area contributed by atoms with Crippen LogP contribution in [0, 0.1) is 0 Å². The Morgan fingerprint density at radius 1 is 1.32 bits per heavy atom. The lowest BCUT2D eigenvalue weighted by Crippen LogP contribution is -2.32. The number of benzene rings is 1. The molecule has 19 heavy (non-hydrogen) atoms. The van der Waals surface area contributed by atoms with Crippen molar-refractivity contribution in [3.63, 3.8) is 0 Å². The summed E-state index contributed by atoms with van der Waals surface area (Å²) >= 11 is 5.88. The number of nitrogens with zero attached hydrogens (tertiary/aromatic N) is 1. The van der Waals surface area contributed by atoms with Crippen molar-refractivity contribution in [2.24, 2.45) is 0 Å². The van der Waals surface area contributed by atoms with Crippen LogP contribution in [0.5, 0.6) is 0 Å². The molecule has 98 valence electrons. The molecule has 6 nitrogen and oxygen atoms in total. The van der Waals surface area contributed by atoms with E-state index < -0.39 is 5.91 Å². The van der Waals surface area contributed by atoms with Crippen molar-refractivity contribution in [3.05, 3.63) is 47.2 Å². The largest absolute Gasteiger partial charge is 0.343 e. The smallest absolute Gasteiger partial charge is 0.253 e. The Bertz CT molecular complexity index is 583. The van der Waals surface area contributed by atoms with Crippen LogP contribution in [-0.2, 0) is 4.79 Å². The van der Waals surface area contributed by atoms with E-state index in [2.05, 4.69) is 20.8 Å². The molecule has 0 unspecified atom stereocenters. The molecule has 2 rings (SSSR count). The van der Waals surface area contributed by atoms with E-state index in [0.717, 1.165) is 0 Å². The zero-order chi connectivity index (χ0) is 13.7. The molecule has 0 spiro atoms. The maximum atomic E-state index is 11.8. The molecule has 0 aliphatic carbocycles. The Hall–Kier alpha value is -2.34. The van der Waals surface area contributed by atoms with E-state index in [0.29, 0.717) is 16.3 Å². The molecule has 0 radical (unpaired) electrons. The van der Waals surface area contributed by atoms with Gasteiger partial charge in [0.15, 0.2) is 0 Å². The lowest BCUT2D eigenvalue weighted by molar-refractivity contribution is -0.115. The van der Waals surface area contributed by atoms with Crippen LogP contribution < -0.4 is 10.6 Å². The van der Waals surface area contributed by atoms with E-state index >= 15 is 0 Å². The average Bonchev–Trinajstić information content (AvgIpc) is 2.89. The molecule has 7 heteroatoms. The Morgan fingerprint density at radius 3 is 2.79 bits per heavy atom. The van der Waals surface area contributed by atoms with Crippen LogP contribution >= 0.6 is 11.6 Å². The Labute approximate surface area is 114 Å². The van der Waals surface area contributed by atoms with Crippen LogP contribution in [0.15, 0.2) is 36.7 Å². The Morgan fingerprint density at radius 2 is 2.11 bits per heavy atom. The predicted octanol–water partition coefficient (Wildman–Crippen LogP) is 1.43. The summed E-state index contributed by atoms with van der Waals surface area (Å²) in [5.41, 5.74) is 0.872. The van der Waals surface area contributed by atoms with Crippen molar-refractivity contribution in [1.29, 1.82) is 0 Å². The summed E-state index contributed by atoms with van der Waals surface area (Å²) in [5.74, 6) is -0.741. The normalized spacial score (nSPS) is 9.95. The van der Waals surface area contributed by atoms with Crippen LogP contribution in [0.1, 0.15) is 10.4 Å². The molecule has 0 atom stereocenters. The fourth-order valence-electron chi connectivity index (χ4n) is 1.43. The van der Waals surface area contributed by atoms with E-state index in [4.69, 9.17) is 11.6 Å². The Balaban J connectivity index is 1.87. The minimum absolute atomic E-state index is 0.144. The van der Waals surface area contributed by atoms with E-state index in [1.807, 2.05) is 0 Å². The number of nitrogens with one attached hydrogen (secondary N) is 3. The number of rotatable bonds is 4. The number of halogens is 1. The fourth-order valence-corrected chi connectivity index (χ4v) is 1.65. The molecular formula is C12H11ClN4O2. The van der Waals surface area contributed by atoms with Gasteiger partial charge >= 0.3 is 0 Å². The first-order chi connectivity index (χ1) is 9.16. The number of H-pyrrole nitrogens is 1. The maximum absolute atomic E-state index is 11.8. The highest BCUT2D eigenvalue weighted by Gasteiger charge is 2.11. The third kappa shape index (κ3) is 3.56. The fraction of sp³-hybridized carbons (Fsp3) is 0.0833. The second-order valence-corrected chi connectivity index (χ2v) is 4.10. The van der Waals surface area contributed by atoms with E-state index in [-0.39, 0.29) is 12.5 Å². The Kier molecular flexibility index (Phi) is 4.15. The van der Waals surface area contributed by atoms with Crippen molar-refractivity contribution in [3.8, 4) is 0 Å². The molecular weight excluding hydrogens is 268 g/mol. The molecule has 0 saturated carbocycles. The summed E-state index contributed by atoms with van der Waals surface area (Å²) in [7, 11) is 0. The number of aromatic nitrogens is 2. The summed E-state index contributed by atoms with van der Waals surface area (Å²) in [6, 6.07) is 6.63. The summed E-state index contributed by atoms with van der Waals surface area (Å²) in [5, 5.41) is 11.6. The molecule has 2 amide bonds. The highest BCUT2D eigenvalue weighted by molar-refractivity contribution is 6.33. The number of hydrogen-bond donors (Lipinski definition) is 3. The molecule has 0 aliphatic heterocycles. The summed E-state index contributed by atoms with van der Waals surface area (Å²) < 4.78 is 0. The first kappa shape index (κ1) is 13.1. The number of anilines is 1. The third-order valence-electron chi connectivity index (χ3n) is 2.31. The van der Waals surface area contributed by atoms with Gasteiger partial charge in [0.25, 0.3) is 5.91 Å². The first-order valence-corrected chi connectivity index (χ1v) is 5.86. The van der Waals surface area contributed by atoms with Gasteiger partial charge in [-0.2, -0.15) is 5.10 Å². The van der Waals surface area contributed by atoms with Gasteiger partial charge in [0.1, 0.15) is 0 Å². The van der Waals surface area contributed by atoms with Crippen LogP contribution in [-0.4, -0.2) is 28.6 Å². The van der Waals surface area contributed by atoms with Gasteiger partial charge in [-0.05, 0) is 12.1 Å². The molecule has 0 bridgehead atoms. The molecule has 0 saturated heterocycles. The molecule has 2 aromatic rings. The highest BCUT2D eigenvalue weighted by Crippen LogP contribution is 2.14. The summed E-state index contributed by atoms with van der Waals surface area (Å²) in [6.07, 6.45) is 3.00. The van der Waals surface area contributed by atoms with Crippen molar-refractivity contribution >= 4 is 29.1 Å². The predicted molar refractivity (Wildman–Crippen MR) is 71.0 cm³/mol. The van der Waals surface area contributed by atoms with Gasteiger partial charge in [-0.3, -0.25) is 14.7 Å². The van der Waals surface area contributed by atoms with Gasteiger partial charge < -0.3 is 10.6 Å². The van der Waals surface area contributed by atoms with Crippen molar-refractivity contribution in [2.45, 2.75) is 0 Å². The SMILES string of the molecule is O=C(CNC(=O)c1ccccc1Cl)Nc1cn[nH]c1. The molecule has 1 aromatic heterocycles.